The van der Waals surface area contributed by atoms with E-state index in [1.807, 2.05) is 0 Å². The van der Waals surface area contributed by atoms with Gasteiger partial charge in [-0.05, 0) is 44.1 Å². The molecule has 0 bridgehead atoms. The van der Waals surface area contributed by atoms with Gasteiger partial charge in [-0.25, -0.2) is 8.78 Å². The Balaban J connectivity index is 1.83. The number of nitrogens with zero attached hydrogens (tertiary/aromatic N) is 1. The molecule has 2 rings (SSSR count). The first kappa shape index (κ1) is 15.4. The summed E-state index contributed by atoms with van der Waals surface area (Å²) in [5.74, 6) is -1.11. The highest BCUT2D eigenvalue weighted by molar-refractivity contribution is 5.21. The first-order chi connectivity index (χ1) is 9.61. The lowest BCUT2D eigenvalue weighted by molar-refractivity contribution is 0.164. The second-order valence-corrected chi connectivity index (χ2v) is 5.26. The van der Waals surface area contributed by atoms with Gasteiger partial charge in [0, 0.05) is 24.7 Å². The van der Waals surface area contributed by atoms with Crippen LogP contribution in [0.3, 0.4) is 0 Å². The van der Waals surface area contributed by atoms with Gasteiger partial charge >= 0.3 is 0 Å². The Morgan fingerprint density at radius 3 is 3.00 bits per heavy atom. The van der Waals surface area contributed by atoms with E-state index in [0.717, 1.165) is 44.3 Å². The summed E-state index contributed by atoms with van der Waals surface area (Å²) < 4.78 is 26.6. The molecule has 1 heterocycles. The fourth-order valence-corrected chi connectivity index (χ4v) is 2.81. The van der Waals surface area contributed by atoms with Gasteiger partial charge in [-0.15, -0.1) is 0 Å². The molecule has 1 aromatic rings. The molecule has 1 aliphatic heterocycles. The van der Waals surface area contributed by atoms with Gasteiger partial charge in [0.2, 0.25) is 0 Å². The van der Waals surface area contributed by atoms with E-state index < -0.39 is 17.7 Å². The van der Waals surface area contributed by atoms with E-state index in [1.165, 1.54) is 6.42 Å². The minimum absolute atomic E-state index is 0.0104. The molecule has 112 valence electrons. The maximum Gasteiger partial charge on any atom is 0.129 e. The molecule has 20 heavy (non-hydrogen) atoms. The molecule has 1 aliphatic rings. The monoisotopic (exact) mass is 284 g/mol. The van der Waals surface area contributed by atoms with Crippen LogP contribution in [0.15, 0.2) is 18.2 Å². The van der Waals surface area contributed by atoms with Gasteiger partial charge in [0.1, 0.15) is 11.6 Å². The zero-order valence-electron chi connectivity index (χ0n) is 11.8. The lowest BCUT2D eigenvalue weighted by Gasteiger charge is -2.23. The van der Waals surface area contributed by atoms with Gasteiger partial charge in [0.15, 0.2) is 0 Å². The summed E-state index contributed by atoms with van der Waals surface area (Å²) in [5.41, 5.74) is 0.0104. The van der Waals surface area contributed by atoms with Gasteiger partial charge < -0.3 is 10.4 Å². The molecule has 1 aromatic carbocycles. The van der Waals surface area contributed by atoms with Crippen molar-refractivity contribution in [1.29, 1.82) is 0 Å². The van der Waals surface area contributed by atoms with Crippen LogP contribution in [0, 0.1) is 11.6 Å². The molecule has 3 nitrogen and oxygen atoms in total. The molecule has 1 fully saturated rings. The predicted octanol–water partition coefficient (Wildman–Crippen LogP) is 2.07. The maximum atomic E-state index is 13.5. The van der Waals surface area contributed by atoms with Crippen LogP contribution in [0.5, 0.6) is 0 Å². The molecule has 1 saturated heterocycles. The van der Waals surface area contributed by atoms with Crippen molar-refractivity contribution in [3.8, 4) is 0 Å². The Labute approximate surface area is 118 Å². The number of aliphatic hydroxyl groups is 1. The molecule has 5 heteroatoms. The van der Waals surface area contributed by atoms with Crippen molar-refractivity contribution in [2.75, 3.05) is 26.2 Å². The third-order valence-corrected chi connectivity index (χ3v) is 3.94. The van der Waals surface area contributed by atoms with Crippen LogP contribution in [0.25, 0.3) is 0 Å². The fourth-order valence-electron chi connectivity index (χ4n) is 2.81. The SMILES string of the molecule is CCN1CCCC1CNCC(O)c1cc(F)ccc1F. The van der Waals surface area contributed by atoms with Gasteiger partial charge in [0.25, 0.3) is 0 Å². The van der Waals surface area contributed by atoms with Gasteiger partial charge in [0.05, 0.1) is 6.10 Å². The van der Waals surface area contributed by atoms with E-state index in [-0.39, 0.29) is 12.1 Å². The second-order valence-electron chi connectivity index (χ2n) is 5.26. The molecule has 0 spiro atoms. The summed E-state index contributed by atoms with van der Waals surface area (Å²) in [6.07, 6.45) is 1.31. The first-order valence-electron chi connectivity index (χ1n) is 7.19. The number of hydrogen-bond acceptors (Lipinski definition) is 3. The Bertz CT molecular complexity index is 442. The van der Waals surface area contributed by atoms with E-state index in [2.05, 4.69) is 17.1 Å². The highest BCUT2D eigenvalue weighted by Crippen LogP contribution is 2.19. The number of rotatable bonds is 6. The third kappa shape index (κ3) is 3.75. The summed E-state index contributed by atoms with van der Waals surface area (Å²) in [7, 11) is 0. The lowest BCUT2D eigenvalue weighted by Crippen LogP contribution is -2.39. The number of benzene rings is 1. The van der Waals surface area contributed by atoms with Gasteiger partial charge in [-0.3, -0.25) is 4.90 Å². The number of likely N-dealkylation sites (N-methyl/N-ethyl adjacent to an activating group) is 1. The molecule has 0 saturated carbocycles. The average Bonchev–Trinajstić information content (AvgIpc) is 2.89. The minimum atomic E-state index is -1.03. The van der Waals surface area contributed by atoms with Crippen LogP contribution in [0.2, 0.25) is 0 Å². The summed E-state index contributed by atoms with van der Waals surface area (Å²) in [6, 6.07) is 3.63. The predicted molar refractivity (Wildman–Crippen MR) is 74.5 cm³/mol. The molecule has 0 radical (unpaired) electrons. The van der Waals surface area contributed by atoms with Crippen molar-refractivity contribution >= 4 is 0 Å². The van der Waals surface area contributed by atoms with Crippen LogP contribution in [0.1, 0.15) is 31.4 Å². The highest BCUT2D eigenvalue weighted by Gasteiger charge is 2.22. The number of nitrogens with one attached hydrogen (secondary N) is 1. The standard InChI is InChI=1S/C15H22F2N2O/c1-2-19-7-3-4-12(19)9-18-10-15(20)13-8-11(16)5-6-14(13)17/h5-6,8,12,15,18,20H,2-4,7,9-10H2,1H3. The van der Waals surface area contributed by atoms with Crippen LogP contribution in [-0.4, -0.2) is 42.2 Å². The van der Waals surface area contributed by atoms with Gasteiger partial charge in [-0.2, -0.15) is 0 Å². The Morgan fingerprint density at radius 2 is 2.25 bits per heavy atom. The molecule has 2 N–H and O–H groups in total. The summed E-state index contributed by atoms with van der Waals surface area (Å²) in [6.45, 7) is 5.27. The molecule has 2 unspecified atom stereocenters. The Hall–Kier alpha value is -1.04. The number of aliphatic hydroxyl groups excluding tert-OH is 1. The number of hydrogen-bond donors (Lipinski definition) is 2. The smallest absolute Gasteiger partial charge is 0.129 e. The minimum Gasteiger partial charge on any atom is -0.387 e. The van der Waals surface area contributed by atoms with E-state index in [4.69, 9.17) is 0 Å². The zero-order chi connectivity index (χ0) is 14.5. The first-order valence-corrected chi connectivity index (χ1v) is 7.19. The Kier molecular flexibility index (Phi) is 5.46. The fraction of sp³-hybridized carbons (Fsp3) is 0.600. The molecular formula is C15H22F2N2O. The molecule has 2 atom stereocenters. The zero-order valence-corrected chi connectivity index (χ0v) is 11.8. The molecule has 0 aliphatic carbocycles. The number of likely N-dealkylation sites (tertiary alicyclic amines) is 1. The number of halogens is 2. The van der Waals surface area contributed by atoms with Crippen LogP contribution in [0.4, 0.5) is 8.78 Å². The maximum absolute atomic E-state index is 13.5. The van der Waals surface area contributed by atoms with E-state index in [9.17, 15) is 13.9 Å². The summed E-state index contributed by atoms with van der Waals surface area (Å²) in [4.78, 5) is 2.39. The highest BCUT2D eigenvalue weighted by atomic mass is 19.1. The normalized spacial score (nSPS) is 21.3. The van der Waals surface area contributed by atoms with Crippen LogP contribution >= 0.6 is 0 Å². The van der Waals surface area contributed by atoms with E-state index >= 15 is 0 Å². The van der Waals surface area contributed by atoms with Gasteiger partial charge in [-0.1, -0.05) is 6.92 Å². The summed E-state index contributed by atoms with van der Waals surface area (Å²) >= 11 is 0. The topological polar surface area (TPSA) is 35.5 Å². The van der Waals surface area contributed by atoms with Crippen molar-refractivity contribution < 1.29 is 13.9 Å². The third-order valence-electron chi connectivity index (χ3n) is 3.94. The van der Waals surface area contributed by atoms with Crippen LogP contribution in [-0.2, 0) is 0 Å². The van der Waals surface area contributed by atoms with Crippen molar-refractivity contribution in [3.05, 3.63) is 35.4 Å². The Morgan fingerprint density at radius 1 is 1.45 bits per heavy atom. The lowest BCUT2D eigenvalue weighted by atomic mass is 10.1. The quantitative estimate of drug-likeness (QED) is 0.839. The molecule has 0 aromatic heterocycles. The average molecular weight is 284 g/mol. The second kappa shape index (κ2) is 7.11. The summed E-state index contributed by atoms with van der Waals surface area (Å²) in [5, 5.41) is 13.1. The van der Waals surface area contributed by atoms with Crippen molar-refractivity contribution in [1.82, 2.24) is 10.2 Å². The van der Waals surface area contributed by atoms with E-state index in [1.54, 1.807) is 0 Å². The largest absolute Gasteiger partial charge is 0.387 e. The van der Waals surface area contributed by atoms with E-state index in [0.29, 0.717) is 6.04 Å². The van der Waals surface area contributed by atoms with Crippen LogP contribution < -0.4 is 5.32 Å². The van der Waals surface area contributed by atoms with Crippen molar-refractivity contribution in [2.45, 2.75) is 31.9 Å². The van der Waals surface area contributed by atoms with Crippen molar-refractivity contribution in [3.63, 3.8) is 0 Å². The molecule has 0 amide bonds. The van der Waals surface area contributed by atoms with Crippen molar-refractivity contribution in [2.24, 2.45) is 0 Å². The molecular weight excluding hydrogens is 262 g/mol.